The second kappa shape index (κ2) is 8.11. The summed E-state index contributed by atoms with van der Waals surface area (Å²) in [6, 6.07) is 11.7. The van der Waals surface area contributed by atoms with Gasteiger partial charge in [0.05, 0.1) is 11.6 Å². The highest BCUT2D eigenvalue weighted by Gasteiger charge is 2.32. The molecule has 1 aromatic carbocycles. The first kappa shape index (κ1) is 20.6. The van der Waals surface area contributed by atoms with E-state index in [2.05, 4.69) is 25.8 Å². The Labute approximate surface area is 171 Å². The molecule has 0 spiro atoms. The van der Waals surface area contributed by atoms with Gasteiger partial charge in [-0.05, 0) is 19.4 Å². The van der Waals surface area contributed by atoms with Gasteiger partial charge in [-0.1, -0.05) is 62.9 Å². The molecule has 0 fully saturated rings. The summed E-state index contributed by atoms with van der Waals surface area (Å²) in [6.07, 6.45) is 0. The van der Waals surface area contributed by atoms with Crippen LogP contribution in [0.3, 0.4) is 0 Å². The summed E-state index contributed by atoms with van der Waals surface area (Å²) < 4.78 is 1.66. The van der Waals surface area contributed by atoms with Crippen molar-refractivity contribution >= 4 is 17.7 Å². The van der Waals surface area contributed by atoms with E-state index >= 15 is 0 Å². The normalized spacial score (nSPS) is 16.7. The zero-order valence-electron chi connectivity index (χ0n) is 17.3. The first-order chi connectivity index (χ1) is 13.2. The fourth-order valence-corrected chi connectivity index (χ4v) is 4.36. The first-order valence-electron chi connectivity index (χ1n) is 9.76. The minimum Gasteiger partial charge on any atom is -0.336 e. The third-order valence-corrected chi connectivity index (χ3v) is 6.15. The van der Waals surface area contributed by atoms with Crippen molar-refractivity contribution in [1.82, 2.24) is 14.5 Å². The predicted molar refractivity (Wildman–Crippen MR) is 114 cm³/mol. The van der Waals surface area contributed by atoms with Gasteiger partial charge in [0.2, 0.25) is 5.91 Å². The summed E-state index contributed by atoms with van der Waals surface area (Å²) in [6.45, 7) is 11.2. The molecule has 1 aromatic heterocycles. The Bertz CT molecular complexity index is 900. The van der Waals surface area contributed by atoms with Gasteiger partial charge in [-0.2, -0.15) is 0 Å². The van der Waals surface area contributed by atoms with E-state index in [0.29, 0.717) is 18.8 Å². The van der Waals surface area contributed by atoms with Gasteiger partial charge in [0.1, 0.15) is 0 Å². The van der Waals surface area contributed by atoms with Gasteiger partial charge in [-0.25, -0.2) is 4.98 Å². The van der Waals surface area contributed by atoms with Crippen LogP contribution < -0.4 is 5.56 Å². The highest BCUT2D eigenvalue weighted by atomic mass is 32.2. The van der Waals surface area contributed by atoms with Crippen molar-refractivity contribution in [3.8, 4) is 0 Å². The molecule has 1 aliphatic heterocycles. The predicted octanol–water partition coefficient (Wildman–Crippen LogP) is 3.70. The molecule has 0 saturated carbocycles. The van der Waals surface area contributed by atoms with Crippen molar-refractivity contribution in [2.24, 2.45) is 5.92 Å². The molecule has 1 aliphatic rings. The maximum Gasteiger partial charge on any atom is 0.254 e. The van der Waals surface area contributed by atoms with Crippen molar-refractivity contribution in [2.45, 2.75) is 64.3 Å². The lowest BCUT2D eigenvalue weighted by Crippen LogP contribution is -2.45. The molecule has 1 unspecified atom stereocenters. The summed E-state index contributed by atoms with van der Waals surface area (Å²) in [7, 11) is 0. The van der Waals surface area contributed by atoms with Gasteiger partial charge in [-0.3, -0.25) is 14.2 Å². The number of nitrogens with zero attached hydrogens (tertiary/aromatic N) is 3. The smallest absolute Gasteiger partial charge is 0.254 e. The molecule has 0 saturated heterocycles. The van der Waals surface area contributed by atoms with Gasteiger partial charge in [0, 0.05) is 36.4 Å². The topological polar surface area (TPSA) is 55.2 Å². The molecule has 1 amide bonds. The highest BCUT2D eigenvalue weighted by Crippen LogP contribution is 2.29. The third kappa shape index (κ3) is 4.49. The minimum absolute atomic E-state index is 0.0703. The van der Waals surface area contributed by atoms with Crippen LogP contribution in [0.4, 0.5) is 0 Å². The highest BCUT2D eigenvalue weighted by molar-refractivity contribution is 7.99. The molecule has 1 atom stereocenters. The maximum atomic E-state index is 13.3. The number of carbonyl (C=O) groups is 1. The molecule has 150 valence electrons. The van der Waals surface area contributed by atoms with Crippen LogP contribution in [0.2, 0.25) is 0 Å². The number of benzene rings is 1. The molecule has 3 rings (SSSR count). The average molecular weight is 400 g/mol. The molecule has 28 heavy (non-hydrogen) atoms. The summed E-state index contributed by atoms with van der Waals surface area (Å²) in [4.78, 5) is 32.5. The molecular weight excluding hydrogens is 370 g/mol. The molecule has 0 N–H and O–H groups in total. The Morgan fingerprint density at radius 2 is 1.96 bits per heavy atom. The summed E-state index contributed by atoms with van der Waals surface area (Å²) in [5.41, 5.74) is 1.67. The van der Waals surface area contributed by atoms with Gasteiger partial charge in [0.25, 0.3) is 5.56 Å². The van der Waals surface area contributed by atoms with Crippen molar-refractivity contribution in [3.05, 3.63) is 58.0 Å². The Balaban J connectivity index is 1.82. The van der Waals surface area contributed by atoms with Crippen LogP contribution in [0.5, 0.6) is 0 Å². The standard InChI is InChI=1S/C22H29N3O2S/c1-15(2)24(12-16-9-7-6-8-10-16)20(27)17-13-25-19(26)11-18(22(3,4)5)23-21(25)28-14-17/h6-11,15,17H,12-14H2,1-5H3. The van der Waals surface area contributed by atoms with Crippen molar-refractivity contribution in [1.29, 1.82) is 0 Å². The van der Waals surface area contributed by atoms with E-state index in [9.17, 15) is 9.59 Å². The van der Waals surface area contributed by atoms with Crippen LogP contribution >= 0.6 is 11.8 Å². The number of thioether (sulfide) groups is 1. The lowest BCUT2D eigenvalue weighted by molar-refractivity contribution is -0.137. The van der Waals surface area contributed by atoms with Crippen LogP contribution in [0.25, 0.3) is 0 Å². The van der Waals surface area contributed by atoms with Gasteiger partial charge in [0.15, 0.2) is 5.16 Å². The molecule has 6 heteroatoms. The van der Waals surface area contributed by atoms with E-state index in [0.717, 1.165) is 16.4 Å². The van der Waals surface area contributed by atoms with Crippen LogP contribution in [-0.2, 0) is 23.3 Å². The average Bonchev–Trinajstić information content (AvgIpc) is 2.65. The molecule has 0 radical (unpaired) electrons. The van der Waals surface area contributed by atoms with E-state index < -0.39 is 0 Å². The minimum atomic E-state index is -0.219. The molecule has 2 aromatic rings. The molecule has 0 bridgehead atoms. The molecule has 2 heterocycles. The Morgan fingerprint density at radius 1 is 1.29 bits per heavy atom. The second-order valence-corrected chi connectivity index (χ2v) is 9.66. The number of carbonyl (C=O) groups excluding carboxylic acids is 1. The van der Waals surface area contributed by atoms with Crippen LogP contribution in [-0.4, -0.2) is 32.2 Å². The summed E-state index contributed by atoms with van der Waals surface area (Å²) in [5.74, 6) is 0.532. The summed E-state index contributed by atoms with van der Waals surface area (Å²) in [5, 5.41) is 0.723. The van der Waals surface area contributed by atoms with Crippen molar-refractivity contribution in [3.63, 3.8) is 0 Å². The Morgan fingerprint density at radius 3 is 2.57 bits per heavy atom. The zero-order valence-corrected chi connectivity index (χ0v) is 18.1. The third-order valence-electron chi connectivity index (χ3n) is 5.01. The molecular formula is C22H29N3O2S. The monoisotopic (exact) mass is 399 g/mol. The Kier molecular flexibility index (Phi) is 5.98. The quantitative estimate of drug-likeness (QED) is 0.736. The summed E-state index contributed by atoms with van der Waals surface area (Å²) >= 11 is 1.51. The SMILES string of the molecule is CC(C)N(Cc1ccccc1)C(=O)C1CSc2nc(C(C)(C)C)cc(=O)n2C1. The van der Waals surface area contributed by atoms with Crippen molar-refractivity contribution < 1.29 is 4.79 Å². The Hall–Kier alpha value is -2.08. The number of hydrogen-bond acceptors (Lipinski definition) is 4. The number of aromatic nitrogens is 2. The van der Waals surface area contributed by atoms with E-state index in [-0.39, 0.29) is 28.8 Å². The fraction of sp³-hybridized carbons (Fsp3) is 0.500. The van der Waals surface area contributed by atoms with E-state index in [1.165, 1.54) is 11.8 Å². The van der Waals surface area contributed by atoms with Crippen LogP contribution in [0.15, 0.2) is 46.3 Å². The number of amides is 1. The zero-order chi connectivity index (χ0) is 20.5. The number of hydrogen-bond donors (Lipinski definition) is 0. The largest absolute Gasteiger partial charge is 0.336 e. The van der Waals surface area contributed by atoms with E-state index in [1.54, 1.807) is 10.6 Å². The maximum absolute atomic E-state index is 13.3. The molecule has 0 aliphatic carbocycles. The van der Waals surface area contributed by atoms with Crippen LogP contribution in [0.1, 0.15) is 45.9 Å². The van der Waals surface area contributed by atoms with Crippen molar-refractivity contribution in [2.75, 3.05) is 5.75 Å². The number of rotatable bonds is 4. The van der Waals surface area contributed by atoms with Gasteiger partial charge >= 0.3 is 0 Å². The lowest BCUT2D eigenvalue weighted by Gasteiger charge is -2.33. The fourth-order valence-electron chi connectivity index (χ4n) is 3.27. The van der Waals surface area contributed by atoms with Gasteiger partial charge in [-0.15, -0.1) is 0 Å². The van der Waals surface area contributed by atoms with Crippen LogP contribution in [0, 0.1) is 5.92 Å². The number of fused-ring (bicyclic) bond motifs is 1. The first-order valence-corrected chi connectivity index (χ1v) is 10.7. The molecule has 5 nitrogen and oxygen atoms in total. The van der Waals surface area contributed by atoms with E-state index in [1.807, 2.05) is 49.1 Å². The van der Waals surface area contributed by atoms with Gasteiger partial charge < -0.3 is 4.90 Å². The van der Waals surface area contributed by atoms with E-state index in [4.69, 9.17) is 0 Å². The lowest BCUT2D eigenvalue weighted by atomic mass is 9.92. The second-order valence-electron chi connectivity index (χ2n) is 8.68.